The van der Waals surface area contributed by atoms with E-state index in [4.69, 9.17) is 0 Å². The monoisotopic (exact) mass is 714 g/mol. The van der Waals surface area contributed by atoms with Crippen LogP contribution in [0.3, 0.4) is 0 Å². The summed E-state index contributed by atoms with van der Waals surface area (Å²) in [5, 5.41) is 3.08. The van der Waals surface area contributed by atoms with Crippen molar-refractivity contribution in [2.45, 2.75) is 44.2 Å². The van der Waals surface area contributed by atoms with Crippen LogP contribution in [0.25, 0.3) is 11.1 Å². The second-order valence-corrected chi connectivity index (χ2v) is 20.6. The minimum absolute atomic E-state index is 0.0247. The van der Waals surface area contributed by atoms with Crippen LogP contribution in [0.5, 0.6) is 0 Å². The zero-order chi connectivity index (χ0) is 36.3. The van der Waals surface area contributed by atoms with E-state index in [1.165, 1.54) is 87.2 Å². The number of para-hydroxylation sites is 3. The number of hydrogen-bond acceptors (Lipinski definition) is 2. The van der Waals surface area contributed by atoms with E-state index in [2.05, 4.69) is 205 Å². The summed E-state index contributed by atoms with van der Waals surface area (Å²) in [5.74, 6) is 1.46. The van der Waals surface area contributed by atoms with Crippen LogP contribution in [-0.4, -0.2) is 8.07 Å². The molecule has 264 valence electrons. The smallest absolute Gasteiger partial charge is 0.113 e. The van der Waals surface area contributed by atoms with E-state index in [9.17, 15) is 0 Å². The third kappa shape index (κ3) is 5.28. The zero-order valence-corrected chi connectivity index (χ0v) is 32.2. The minimum Gasteiger partial charge on any atom is -0.311 e. The molecule has 0 amide bonds. The fourth-order valence-electron chi connectivity index (χ4n) is 10.5. The molecule has 0 aromatic heterocycles. The molecule has 0 N–H and O–H groups in total. The van der Waals surface area contributed by atoms with Crippen molar-refractivity contribution < 1.29 is 0 Å². The molecule has 2 saturated carbocycles. The van der Waals surface area contributed by atoms with Crippen molar-refractivity contribution >= 4 is 52.6 Å². The molecule has 2 bridgehead atoms. The highest BCUT2D eigenvalue weighted by molar-refractivity contribution is 7.03. The molecule has 0 radical (unpaired) electrons. The van der Waals surface area contributed by atoms with Gasteiger partial charge in [0, 0.05) is 39.5 Å². The number of rotatable bonds is 8. The topological polar surface area (TPSA) is 6.48 Å². The van der Waals surface area contributed by atoms with Gasteiger partial charge in [-0.15, -0.1) is 0 Å². The summed E-state index contributed by atoms with van der Waals surface area (Å²) in [5.41, 5.74) is 12.9. The van der Waals surface area contributed by atoms with Crippen molar-refractivity contribution in [2.75, 3.05) is 9.80 Å². The van der Waals surface area contributed by atoms with Gasteiger partial charge in [-0.25, -0.2) is 0 Å². The van der Waals surface area contributed by atoms with Gasteiger partial charge in [-0.1, -0.05) is 129 Å². The van der Waals surface area contributed by atoms with Gasteiger partial charge in [0.1, 0.15) is 8.07 Å². The molecule has 1 aliphatic heterocycles. The Labute approximate surface area is 321 Å². The minimum atomic E-state index is -1.82. The van der Waals surface area contributed by atoms with Crippen LogP contribution >= 0.6 is 0 Å². The highest BCUT2D eigenvalue weighted by atomic mass is 28.3. The predicted octanol–water partition coefficient (Wildman–Crippen LogP) is 12.5. The first-order valence-corrected chi connectivity index (χ1v) is 22.7. The van der Waals surface area contributed by atoms with Gasteiger partial charge in [-0.3, -0.25) is 0 Å². The molecule has 0 saturated heterocycles. The van der Waals surface area contributed by atoms with Crippen LogP contribution in [0.1, 0.15) is 36.8 Å². The van der Waals surface area contributed by atoms with Gasteiger partial charge in [-0.05, 0) is 137 Å². The van der Waals surface area contributed by atoms with Crippen molar-refractivity contribution in [3.05, 3.63) is 193 Å². The summed E-state index contributed by atoms with van der Waals surface area (Å²) >= 11 is 0. The van der Waals surface area contributed by atoms with Gasteiger partial charge < -0.3 is 9.80 Å². The molecule has 7 aromatic rings. The highest BCUT2D eigenvalue weighted by Crippen LogP contribution is 2.60. The van der Waals surface area contributed by atoms with Gasteiger partial charge in [0.25, 0.3) is 0 Å². The summed E-state index contributed by atoms with van der Waals surface area (Å²) in [6.45, 7) is 5.01. The first-order valence-electron chi connectivity index (χ1n) is 19.7. The Balaban J connectivity index is 1.03. The van der Waals surface area contributed by atoms with E-state index < -0.39 is 8.07 Å². The lowest BCUT2D eigenvalue weighted by Crippen LogP contribution is -2.49. The third-order valence-electron chi connectivity index (χ3n) is 13.0. The fraction of sp³-hybridized carbons (Fsp3) is 0.176. The normalized spacial score (nSPS) is 20.3. The van der Waals surface area contributed by atoms with Gasteiger partial charge in [0.2, 0.25) is 0 Å². The Morgan fingerprint density at radius 3 is 1.39 bits per heavy atom. The lowest BCUT2D eigenvalue weighted by molar-refractivity contribution is 0.320. The molecule has 54 heavy (non-hydrogen) atoms. The van der Waals surface area contributed by atoms with E-state index in [1.807, 2.05) is 0 Å². The van der Waals surface area contributed by atoms with E-state index in [-0.39, 0.29) is 5.41 Å². The maximum Gasteiger partial charge on any atom is 0.113 e. The molecule has 3 atom stereocenters. The molecule has 7 aromatic carbocycles. The van der Waals surface area contributed by atoms with Crippen LogP contribution in [0.15, 0.2) is 182 Å². The molecule has 3 aliphatic rings. The number of anilines is 6. The zero-order valence-electron chi connectivity index (χ0n) is 31.2. The quantitative estimate of drug-likeness (QED) is 0.145. The molecule has 10 rings (SSSR count). The van der Waals surface area contributed by atoms with Crippen LogP contribution in [0.4, 0.5) is 34.1 Å². The van der Waals surface area contributed by atoms with Crippen molar-refractivity contribution in [1.29, 1.82) is 0 Å². The first kappa shape index (κ1) is 33.0. The van der Waals surface area contributed by atoms with Crippen LogP contribution < -0.4 is 20.2 Å². The lowest BCUT2D eigenvalue weighted by atomic mass is 9.64. The molecule has 0 spiro atoms. The second-order valence-electron chi connectivity index (χ2n) is 16.2. The van der Waals surface area contributed by atoms with Crippen molar-refractivity contribution in [3.63, 3.8) is 0 Å². The van der Waals surface area contributed by atoms with Gasteiger partial charge >= 0.3 is 0 Å². The van der Waals surface area contributed by atoms with Gasteiger partial charge in [0.15, 0.2) is 0 Å². The Bertz CT molecular complexity index is 2380. The van der Waals surface area contributed by atoms with Crippen molar-refractivity contribution in [3.8, 4) is 11.1 Å². The van der Waals surface area contributed by atoms with E-state index in [0.717, 1.165) is 5.92 Å². The Hall–Kier alpha value is -5.64. The molecular weight excluding hydrogens is 669 g/mol. The van der Waals surface area contributed by atoms with Crippen LogP contribution in [0, 0.1) is 11.8 Å². The molecular formula is C51H46N2Si. The number of hydrogen-bond donors (Lipinski definition) is 0. The summed E-state index contributed by atoms with van der Waals surface area (Å²) < 4.78 is 0. The average molecular weight is 715 g/mol. The third-order valence-corrected chi connectivity index (χ3v) is 16.5. The Morgan fingerprint density at radius 2 is 0.889 bits per heavy atom. The van der Waals surface area contributed by atoms with E-state index in [1.54, 1.807) is 5.19 Å². The molecule has 1 heterocycles. The lowest BCUT2D eigenvalue weighted by Gasteiger charge is -2.40. The van der Waals surface area contributed by atoms with Crippen molar-refractivity contribution in [1.82, 2.24) is 0 Å². The molecule has 3 heteroatoms. The number of nitrogens with zero attached hydrogens (tertiary/aromatic N) is 2. The summed E-state index contributed by atoms with van der Waals surface area (Å²) in [6, 6.07) is 67.9. The average Bonchev–Trinajstić information content (AvgIpc) is 3.92. The maximum absolute atomic E-state index is 2.51. The first-order chi connectivity index (χ1) is 26.5. The molecule has 2 aliphatic carbocycles. The van der Waals surface area contributed by atoms with Gasteiger partial charge in [-0.2, -0.15) is 0 Å². The number of benzene rings is 7. The highest BCUT2D eigenvalue weighted by Gasteiger charge is 2.52. The Kier molecular flexibility index (Phi) is 7.96. The molecule has 3 unspecified atom stereocenters. The summed E-state index contributed by atoms with van der Waals surface area (Å²) in [6.07, 6.45) is 5.23. The number of fused-ring (bicyclic) bond motifs is 5. The van der Waals surface area contributed by atoms with Crippen LogP contribution in [-0.2, 0) is 5.41 Å². The van der Waals surface area contributed by atoms with E-state index in [0.29, 0.717) is 5.92 Å². The second kappa shape index (κ2) is 13.0. The summed E-state index contributed by atoms with van der Waals surface area (Å²) in [4.78, 5) is 4.83. The fourth-order valence-corrected chi connectivity index (χ4v) is 13.6. The SMILES string of the molecule is C[Si]1(C)c2ccccc2-c2ccc(N(c3ccccc3)c3ccc(C4(c5ccc(N(c6ccccc6)c6ccccc6)cc5)CC5CCC4C5)cc3)cc21. The predicted molar refractivity (Wildman–Crippen MR) is 231 cm³/mol. The van der Waals surface area contributed by atoms with Crippen LogP contribution in [0.2, 0.25) is 13.1 Å². The maximum atomic E-state index is 2.51. The molecule has 2 nitrogen and oxygen atoms in total. The van der Waals surface area contributed by atoms with Gasteiger partial charge in [0.05, 0.1) is 0 Å². The van der Waals surface area contributed by atoms with E-state index >= 15 is 0 Å². The molecule has 2 fully saturated rings. The largest absolute Gasteiger partial charge is 0.311 e. The summed E-state index contributed by atoms with van der Waals surface area (Å²) in [7, 11) is -1.82. The standard InChI is InChI=1S/C51H46N2Si/c1-54(2)49-21-13-12-20-47(49)48-33-32-46(35-50(48)54)53(43-18-10-5-11-19-43)45-30-26-39(27-31-45)51(36-37-22-23-40(51)34-37)38-24-28-44(29-25-38)52(41-14-6-3-7-15-41)42-16-8-4-9-17-42/h3-21,24-33,35,37,40H,22-23,34,36H2,1-2H3. The Morgan fingerprint density at radius 1 is 0.444 bits per heavy atom. The van der Waals surface area contributed by atoms with Crippen molar-refractivity contribution in [2.24, 2.45) is 11.8 Å².